The maximum atomic E-state index is 3.41. The lowest BCUT2D eigenvalue weighted by Gasteiger charge is -2.26. The molecule has 0 aromatic heterocycles. The van der Waals surface area contributed by atoms with Crippen LogP contribution >= 0.6 is 11.8 Å². The van der Waals surface area contributed by atoms with Gasteiger partial charge in [-0.2, -0.15) is 11.8 Å². The van der Waals surface area contributed by atoms with Crippen molar-refractivity contribution in [2.75, 3.05) is 19.1 Å². The third kappa shape index (κ3) is 3.28. The van der Waals surface area contributed by atoms with Crippen LogP contribution in [0, 0.1) is 0 Å². The van der Waals surface area contributed by atoms with Crippen molar-refractivity contribution in [1.29, 1.82) is 0 Å². The quantitative estimate of drug-likeness (QED) is 0.850. The van der Waals surface area contributed by atoms with Gasteiger partial charge < -0.3 is 5.32 Å². The van der Waals surface area contributed by atoms with Crippen molar-refractivity contribution in [3.8, 4) is 0 Å². The summed E-state index contributed by atoms with van der Waals surface area (Å²) in [5, 5.41) is 3.41. The molecule has 1 N–H and O–H groups in total. The van der Waals surface area contributed by atoms with Crippen LogP contribution < -0.4 is 5.32 Å². The molecule has 2 rings (SSSR count). The van der Waals surface area contributed by atoms with E-state index < -0.39 is 0 Å². The lowest BCUT2D eigenvalue weighted by Crippen LogP contribution is -2.32. The molecule has 0 fully saturated rings. The van der Waals surface area contributed by atoms with Gasteiger partial charge in [0.15, 0.2) is 0 Å². The van der Waals surface area contributed by atoms with Crippen LogP contribution in [-0.2, 0) is 19.6 Å². The number of nitrogens with zero attached hydrogens (tertiary/aromatic N) is 1. The third-order valence-electron chi connectivity index (χ3n) is 3.79. The van der Waals surface area contributed by atoms with Gasteiger partial charge in [0.1, 0.15) is 0 Å². The van der Waals surface area contributed by atoms with Crippen LogP contribution in [0.5, 0.6) is 0 Å². The average Bonchev–Trinajstić information content (AvgIpc) is 2.83. The summed E-state index contributed by atoms with van der Waals surface area (Å²) < 4.78 is 0. The number of rotatable bonds is 6. The van der Waals surface area contributed by atoms with Gasteiger partial charge in [0.2, 0.25) is 0 Å². The van der Waals surface area contributed by atoms with Gasteiger partial charge in [-0.1, -0.05) is 25.1 Å². The molecule has 0 amide bonds. The number of nitrogens with one attached hydrogen (secondary N) is 1. The van der Waals surface area contributed by atoms with E-state index in [-0.39, 0.29) is 0 Å². The predicted octanol–water partition coefficient (Wildman–Crippen LogP) is 2.86. The highest BCUT2D eigenvalue weighted by Gasteiger charge is 2.14. The van der Waals surface area contributed by atoms with Crippen LogP contribution in [0.15, 0.2) is 18.2 Å². The second kappa shape index (κ2) is 6.60. The first kappa shape index (κ1) is 13.9. The monoisotopic (exact) mass is 264 g/mol. The predicted molar refractivity (Wildman–Crippen MR) is 80.9 cm³/mol. The number of thioether (sulfide) groups is 1. The molecule has 0 spiro atoms. The molecule has 1 atom stereocenters. The lowest BCUT2D eigenvalue weighted by atomic mass is 10.1. The Labute approximate surface area is 115 Å². The van der Waals surface area contributed by atoms with Gasteiger partial charge in [-0.15, -0.1) is 0 Å². The summed E-state index contributed by atoms with van der Waals surface area (Å²) in [7, 11) is 2.25. The van der Waals surface area contributed by atoms with E-state index in [2.05, 4.69) is 48.6 Å². The Hall–Kier alpha value is -0.510. The summed E-state index contributed by atoms with van der Waals surface area (Å²) in [6.45, 7) is 5.42. The third-order valence-corrected chi connectivity index (χ3v) is 4.51. The molecule has 0 saturated carbocycles. The lowest BCUT2D eigenvalue weighted by molar-refractivity contribution is 0.248. The zero-order chi connectivity index (χ0) is 13.0. The maximum Gasteiger partial charge on any atom is 0.0234 e. The first-order valence-electron chi connectivity index (χ1n) is 6.75. The van der Waals surface area contributed by atoms with E-state index in [0.717, 1.165) is 19.6 Å². The van der Waals surface area contributed by atoms with E-state index in [1.807, 2.05) is 11.8 Å². The van der Waals surface area contributed by atoms with Crippen molar-refractivity contribution in [1.82, 2.24) is 10.2 Å². The molecule has 1 unspecified atom stereocenters. The second-order valence-corrected chi connectivity index (χ2v) is 6.05. The van der Waals surface area contributed by atoms with E-state index in [4.69, 9.17) is 0 Å². The molecule has 18 heavy (non-hydrogen) atoms. The highest BCUT2D eigenvalue weighted by atomic mass is 32.2. The highest BCUT2D eigenvalue weighted by Crippen LogP contribution is 2.19. The smallest absolute Gasteiger partial charge is 0.0234 e. The molecular weight excluding hydrogens is 240 g/mol. The summed E-state index contributed by atoms with van der Waals surface area (Å²) >= 11 is 1.94. The minimum atomic E-state index is 0.686. The molecule has 0 bridgehead atoms. The summed E-state index contributed by atoms with van der Waals surface area (Å²) in [5.74, 6) is 1.22. The van der Waals surface area contributed by atoms with Crippen LogP contribution in [0.3, 0.4) is 0 Å². The fourth-order valence-corrected chi connectivity index (χ4v) is 3.49. The molecule has 0 saturated heterocycles. The van der Waals surface area contributed by atoms with Crippen molar-refractivity contribution in [3.63, 3.8) is 0 Å². The molecule has 1 heterocycles. The maximum absolute atomic E-state index is 3.41. The molecule has 0 aliphatic carbocycles. The number of fused-ring (bicyclic) bond motifs is 1. The Kier molecular flexibility index (Phi) is 5.10. The number of hydrogen-bond donors (Lipinski definition) is 1. The Morgan fingerprint density at radius 3 is 2.83 bits per heavy atom. The topological polar surface area (TPSA) is 15.3 Å². The van der Waals surface area contributed by atoms with E-state index in [0.29, 0.717) is 6.04 Å². The van der Waals surface area contributed by atoms with Crippen molar-refractivity contribution in [2.45, 2.75) is 39.0 Å². The van der Waals surface area contributed by atoms with Crippen LogP contribution in [0.4, 0.5) is 0 Å². The van der Waals surface area contributed by atoms with Gasteiger partial charge in [0.25, 0.3) is 0 Å². The molecule has 100 valence electrons. The summed E-state index contributed by atoms with van der Waals surface area (Å²) in [4.78, 5) is 2.49. The normalized spacial score (nSPS) is 16.0. The van der Waals surface area contributed by atoms with Crippen LogP contribution in [0.2, 0.25) is 0 Å². The molecule has 1 aliphatic heterocycles. The van der Waals surface area contributed by atoms with Gasteiger partial charge >= 0.3 is 0 Å². The van der Waals surface area contributed by atoms with Crippen molar-refractivity contribution in [2.24, 2.45) is 0 Å². The first-order valence-corrected chi connectivity index (χ1v) is 8.14. The fourth-order valence-electron chi connectivity index (χ4n) is 2.61. The van der Waals surface area contributed by atoms with Crippen molar-refractivity contribution in [3.05, 3.63) is 34.9 Å². The molecule has 1 aliphatic rings. The van der Waals surface area contributed by atoms with Crippen LogP contribution in [-0.4, -0.2) is 30.0 Å². The molecule has 1 aromatic rings. The fraction of sp³-hybridized carbons (Fsp3) is 0.600. The van der Waals surface area contributed by atoms with Crippen molar-refractivity contribution >= 4 is 11.8 Å². The van der Waals surface area contributed by atoms with Crippen molar-refractivity contribution < 1.29 is 0 Å². The first-order chi connectivity index (χ1) is 8.74. The summed E-state index contributed by atoms with van der Waals surface area (Å²) in [5.41, 5.74) is 4.40. The number of benzene rings is 1. The summed E-state index contributed by atoms with van der Waals surface area (Å²) in [6, 6.07) is 7.63. The van der Waals surface area contributed by atoms with E-state index >= 15 is 0 Å². The van der Waals surface area contributed by atoms with Gasteiger partial charge in [-0.3, -0.25) is 4.90 Å². The SMILES string of the molecule is CCC(CSC)N(C)Cc1ccc2c(c1)CNC2. The van der Waals surface area contributed by atoms with Gasteiger partial charge in [-0.05, 0) is 36.4 Å². The molecule has 2 nitrogen and oxygen atoms in total. The van der Waals surface area contributed by atoms with E-state index in [9.17, 15) is 0 Å². The molecule has 1 aromatic carbocycles. The average molecular weight is 264 g/mol. The molecular formula is C15H24N2S. The van der Waals surface area contributed by atoms with E-state index in [1.165, 1.54) is 28.9 Å². The Bertz CT molecular complexity index is 392. The zero-order valence-electron chi connectivity index (χ0n) is 11.7. The van der Waals surface area contributed by atoms with Gasteiger partial charge in [-0.25, -0.2) is 0 Å². The van der Waals surface area contributed by atoms with E-state index in [1.54, 1.807) is 0 Å². The molecule has 3 heteroatoms. The van der Waals surface area contributed by atoms with Gasteiger partial charge in [0.05, 0.1) is 0 Å². The van der Waals surface area contributed by atoms with Crippen LogP contribution in [0.1, 0.15) is 30.0 Å². The minimum Gasteiger partial charge on any atom is -0.309 e. The van der Waals surface area contributed by atoms with Gasteiger partial charge in [0, 0.05) is 31.4 Å². The molecule has 0 radical (unpaired) electrons. The largest absolute Gasteiger partial charge is 0.309 e. The minimum absolute atomic E-state index is 0.686. The zero-order valence-corrected chi connectivity index (χ0v) is 12.5. The Balaban J connectivity index is 2.00. The highest BCUT2D eigenvalue weighted by molar-refractivity contribution is 7.98. The number of hydrogen-bond acceptors (Lipinski definition) is 3. The summed E-state index contributed by atoms with van der Waals surface area (Å²) in [6.07, 6.45) is 3.42. The second-order valence-electron chi connectivity index (χ2n) is 5.14. The standard InChI is InChI=1S/C15H24N2S/c1-4-15(11-18-3)17(2)10-12-5-6-13-8-16-9-14(13)7-12/h5-7,15-16H,4,8-11H2,1-3H3. The van der Waals surface area contributed by atoms with Crippen LogP contribution in [0.25, 0.3) is 0 Å². The Morgan fingerprint density at radius 2 is 2.11 bits per heavy atom. The Morgan fingerprint density at radius 1 is 1.33 bits per heavy atom.